The molecule has 220 valence electrons. The van der Waals surface area contributed by atoms with Crippen LogP contribution in [-0.4, -0.2) is 61.3 Å². The minimum atomic E-state index is -4.35. The second-order valence-corrected chi connectivity index (χ2v) is 10.2. The molecule has 1 aliphatic heterocycles. The highest BCUT2D eigenvalue weighted by Crippen LogP contribution is 2.28. The van der Waals surface area contributed by atoms with Gasteiger partial charge in [-0.1, -0.05) is 24.3 Å². The molecule has 1 amide bonds. The molecule has 1 aliphatic rings. The van der Waals surface area contributed by atoms with Crippen molar-refractivity contribution >= 4 is 28.8 Å². The predicted molar refractivity (Wildman–Crippen MR) is 153 cm³/mol. The fraction of sp³-hybridized carbons (Fsp3) is 0.333. The van der Waals surface area contributed by atoms with Crippen molar-refractivity contribution < 1.29 is 23.1 Å². The summed E-state index contributed by atoms with van der Waals surface area (Å²) in [4.78, 5) is 22.8. The zero-order valence-corrected chi connectivity index (χ0v) is 23.1. The van der Waals surface area contributed by atoms with Gasteiger partial charge >= 0.3 is 6.18 Å². The van der Waals surface area contributed by atoms with E-state index in [1.165, 1.54) is 4.90 Å². The average molecular weight is 580 g/mol. The number of rotatable bonds is 10. The van der Waals surface area contributed by atoms with Crippen LogP contribution >= 0.6 is 0 Å². The van der Waals surface area contributed by atoms with Crippen LogP contribution in [0.3, 0.4) is 0 Å². The Morgan fingerprint density at radius 2 is 1.90 bits per heavy atom. The SMILES string of the molecule is Cc1cccc(CCNC(O)c2ccc(Nc3nc4c(C5=CCN(C(=O)CCC(F)(F)F)CC5)cccn4n3)cc2)n1. The maximum absolute atomic E-state index is 12.5. The number of alkyl halides is 3. The van der Waals surface area contributed by atoms with Crippen LogP contribution in [0.2, 0.25) is 0 Å². The summed E-state index contributed by atoms with van der Waals surface area (Å²) in [6.07, 6.45) is -1.96. The van der Waals surface area contributed by atoms with Crippen molar-refractivity contribution in [1.82, 2.24) is 29.8 Å². The van der Waals surface area contributed by atoms with Crippen LogP contribution in [0.25, 0.3) is 11.2 Å². The first-order valence-corrected chi connectivity index (χ1v) is 13.7. The van der Waals surface area contributed by atoms with Crippen molar-refractivity contribution in [1.29, 1.82) is 0 Å². The number of pyridine rings is 2. The number of nitrogens with one attached hydrogen (secondary N) is 2. The summed E-state index contributed by atoms with van der Waals surface area (Å²) >= 11 is 0. The predicted octanol–water partition coefficient (Wildman–Crippen LogP) is 4.96. The molecule has 1 atom stereocenters. The Morgan fingerprint density at radius 3 is 2.62 bits per heavy atom. The third kappa shape index (κ3) is 7.51. The Bertz CT molecular complexity index is 1570. The molecular formula is C30H32F3N7O2. The van der Waals surface area contributed by atoms with Gasteiger partial charge in [0, 0.05) is 61.3 Å². The van der Waals surface area contributed by atoms with E-state index in [0.29, 0.717) is 37.5 Å². The summed E-state index contributed by atoms with van der Waals surface area (Å²) in [6.45, 7) is 3.12. The molecule has 0 saturated carbocycles. The molecule has 0 fully saturated rings. The minimum Gasteiger partial charge on any atom is -0.374 e. The number of carbonyl (C=O) groups is 1. The third-order valence-corrected chi connectivity index (χ3v) is 7.04. The Balaban J connectivity index is 1.19. The number of halogens is 3. The standard InChI is InChI=1S/C30H32F3N7O2/c1-20-4-2-5-23(35-20)12-16-34-28(42)22-7-9-24(10-8-22)36-29-37-27-25(6-3-17-40(27)38-29)21-13-18-39(19-14-21)26(41)11-15-30(31,32)33/h2-10,13,17,28,34,42H,11-12,14-16,18-19H2,1H3,(H,36,38). The molecule has 9 nitrogen and oxygen atoms in total. The van der Waals surface area contributed by atoms with E-state index >= 15 is 0 Å². The van der Waals surface area contributed by atoms with Crippen molar-refractivity contribution in [2.75, 3.05) is 25.0 Å². The summed E-state index contributed by atoms with van der Waals surface area (Å²) in [7, 11) is 0. The van der Waals surface area contributed by atoms with Crippen LogP contribution in [0.1, 0.15) is 48.0 Å². The number of nitrogens with zero attached hydrogens (tertiary/aromatic N) is 5. The van der Waals surface area contributed by atoms with Gasteiger partial charge in [-0.05, 0) is 60.9 Å². The minimum absolute atomic E-state index is 0.252. The van der Waals surface area contributed by atoms with Crippen LogP contribution in [0.15, 0.2) is 66.9 Å². The fourth-order valence-corrected chi connectivity index (χ4v) is 4.83. The van der Waals surface area contributed by atoms with Gasteiger partial charge in [-0.15, -0.1) is 5.10 Å². The molecule has 4 heterocycles. The number of aryl methyl sites for hydroxylation is 1. The van der Waals surface area contributed by atoms with Gasteiger partial charge < -0.3 is 15.3 Å². The van der Waals surface area contributed by atoms with E-state index in [9.17, 15) is 23.1 Å². The van der Waals surface area contributed by atoms with Gasteiger partial charge in [0.25, 0.3) is 0 Å². The zero-order valence-electron chi connectivity index (χ0n) is 23.1. The van der Waals surface area contributed by atoms with E-state index in [2.05, 4.69) is 25.7 Å². The topological polar surface area (TPSA) is 108 Å². The van der Waals surface area contributed by atoms with E-state index in [4.69, 9.17) is 0 Å². The first-order chi connectivity index (χ1) is 20.1. The van der Waals surface area contributed by atoms with E-state index in [0.717, 1.165) is 33.8 Å². The number of amides is 1. The second kappa shape index (κ2) is 12.7. The van der Waals surface area contributed by atoms with E-state index in [1.54, 1.807) is 10.7 Å². The number of carbonyl (C=O) groups excluding carboxylic acids is 1. The second-order valence-electron chi connectivity index (χ2n) is 10.2. The maximum Gasteiger partial charge on any atom is 0.389 e. The van der Waals surface area contributed by atoms with Gasteiger partial charge in [0.2, 0.25) is 11.9 Å². The Labute approximate surface area is 241 Å². The molecule has 5 rings (SSSR count). The molecule has 0 spiro atoms. The molecule has 3 N–H and O–H groups in total. The third-order valence-electron chi connectivity index (χ3n) is 7.04. The largest absolute Gasteiger partial charge is 0.389 e. The lowest BCUT2D eigenvalue weighted by Gasteiger charge is -2.27. The van der Waals surface area contributed by atoms with Gasteiger partial charge in [0.15, 0.2) is 5.65 Å². The molecule has 0 aliphatic carbocycles. The highest BCUT2D eigenvalue weighted by atomic mass is 19.4. The van der Waals surface area contributed by atoms with Gasteiger partial charge in [0.1, 0.15) is 6.23 Å². The smallest absolute Gasteiger partial charge is 0.374 e. The molecule has 1 aromatic carbocycles. The number of fused-ring (bicyclic) bond motifs is 1. The van der Waals surface area contributed by atoms with Gasteiger partial charge in [-0.25, -0.2) is 4.52 Å². The molecule has 0 bridgehead atoms. The Kier molecular flexibility index (Phi) is 8.83. The number of aliphatic hydroxyl groups excluding tert-OH is 1. The Hall–Kier alpha value is -4.29. The lowest BCUT2D eigenvalue weighted by atomic mass is 10.00. The van der Waals surface area contributed by atoms with Crippen molar-refractivity contribution in [3.05, 3.63) is 89.4 Å². The molecule has 0 saturated heterocycles. The number of anilines is 2. The molecule has 42 heavy (non-hydrogen) atoms. The molecule has 0 radical (unpaired) electrons. The lowest BCUT2D eigenvalue weighted by molar-refractivity contribution is -0.148. The first kappa shape index (κ1) is 29.2. The highest BCUT2D eigenvalue weighted by Gasteiger charge is 2.29. The molecule has 1 unspecified atom stereocenters. The van der Waals surface area contributed by atoms with Crippen LogP contribution in [0, 0.1) is 6.92 Å². The molecule has 4 aromatic rings. The highest BCUT2D eigenvalue weighted by molar-refractivity contribution is 5.81. The van der Waals surface area contributed by atoms with E-state index in [1.807, 2.05) is 67.6 Å². The van der Waals surface area contributed by atoms with Crippen LogP contribution in [-0.2, 0) is 11.2 Å². The maximum atomic E-state index is 12.5. The van der Waals surface area contributed by atoms with Gasteiger partial charge in [-0.3, -0.25) is 15.1 Å². The number of benzene rings is 1. The van der Waals surface area contributed by atoms with Crippen LogP contribution in [0.4, 0.5) is 24.8 Å². The molecule has 12 heteroatoms. The molecule has 3 aromatic heterocycles. The average Bonchev–Trinajstić information content (AvgIpc) is 3.38. The normalized spacial score (nSPS) is 14.6. The van der Waals surface area contributed by atoms with Gasteiger partial charge in [0.05, 0.1) is 6.42 Å². The van der Waals surface area contributed by atoms with Crippen LogP contribution < -0.4 is 10.6 Å². The number of hydrogen-bond donors (Lipinski definition) is 3. The summed E-state index contributed by atoms with van der Waals surface area (Å²) < 4.78 is 39.1. The fourth-order valence-electron chi connectivity index (χ4n) is 4.83. The lowest BCUT2D eigenvalue weighted by Crippen LogP contribution is -2.35. The van der Waals surface area contributed by atoms with Crippen molar-refractivity contribution in [2.45, 2.75) is 45.0 Å². The number of hydrogen-bond acceptors (Lipinski definition) is 7. The monoisotopic (exact) mass is 579 g/mol. The Morgan fingerprint density at radius 1 is 1.10 bits per heavy atom. The zero-order chi connectivity index (χ0) is 29.7. The summed E-state index contributed by atoms with van der Waals surface area (Å²) in [5.74, 6) is -0.108. The summed E-state index contributed by atoms with van der Waals surface area (Å²) in [6, 6.07) is 17.0. The summed E-state index contributed by atoms with van der Waals surface area (Å²) in [5.41, 5.74) is 5.84. The van der Waals surface area contributed by atoms with Gasteiger partial charge in [-0.2, -0.15) is 18.2 Å². The quantitative estimate of drug-likeness (QED) is 0.228. The van der Waals surface area contributed by atoms with Crippen molar-refractivity contribution in [3.8, 4) is 0 Å². The van der Waals surface area contributed by atoms with E-state index < -0.39 is 31.2 Å². The molecular weight excluding hydrogens is 547 g/mol. The van der Waals surface area contributed by atoms with Crippen molar-refractivity contribution in [2.24, 2.45) is 0 Å². The summed E-state index contributed by atoms with van der Waals surface area (Å²) in [5, 5.41) is 21.3. The number of aromatic nitrogens is 4. The van der Waals surface area contributed by atoms with Crippen molar-refractivity contribution in [3.63, 3.8) is 0 Å². The van der Waals surface area contributed by atoms with Crippen LogP contribution in [0.5, 0.6) is 0 Å². The number of aliphatic hydroxyl groups is 1. The van der Waals surface area contributed by atoms with E-state index in [-0.39, 0.29) is 6.54 Å². The first-order valence-electron chi connectivity index (χ1n) is 13.7.